The zero-order valence-electron chi connectivity index (χ0n) is 22.3. The van der Waals surface area contributed by atoms with E-state index in [1.165, 1.54) is 23.1 Å². The maximum absolute atomic E-state index is 13.4. The molecular weight excluding hydrogens is 550 g/mol. The summed E-state index contributed by atoms with van der Waals surface area (Å²) in [6, 6.07) is 20.4. The highest BCUT2D eigenvalue weighted by atomic mass is 19.4. The van der Waals surface area contributed by atoms with E-state index in [-0.39, 0.29) is 24.8 Å². The summed E-state index contributed by atoms with van der Waals surface area (Å²) in [6.07, 6.45) is -11.1. The molecule has 1 fully saturated rings. The van der Waals surface area contributed by atoms with Gasteiger partial charge in [-0.05, 0) is 59.9 Å². The van der Waals surface area contributed by atoms with Crippen LogP contribution in [0.5, 0.6) is 5.75 Å². The summed E-state index contributed by atoms with van der Waals surface area (Å²) in [5.74, 6) is -0.378. The summed E-state index contributed by atoms with van der Waals surface area (Å²) in [5.41, 5.74) is 2.56. The largest absolute Gasteiger partial charge is 0.573 e. The smallest absolute Gasteiger partial charge is 0.406 e. The van der Waals surface area contributed by atoms with E-state index in [0.717, 1.165) is 29.8 Å². The summed E-state index contributed by atoms with van der Waals surface area (Å²) in [5, 5.41) is 9.97. The van der Waals surface area contributed by atoms with Crippen LogP contribution in [0.3, 0.4) is 0 Å². The number of para-hydroxylation sites is 1. The van der Waals surface area contributed by atoms with E-state index in [4.69, 9.17) is 4.74 Å². The number of methoxy groups -OCH3 is 1. The van der Waals surface area contributed by atoms with Gasteiger partial charge in [0.2, 0.25) is 0 Å². The molecule has 2 aliphatic rings. The number of β-amino-alcohol motifs (C(OH)–C–C–N with tert-alkyl or cyclic N) is 1. The van der Waals surface area contributed by atoms with Crippen LogP contribution in [0, 0.1) is 0 Å². The zero-order chi connectivity index (χ0) is 29.4. The van der Waals surface area contributed by atoms with Crippen LogP contribution >= 0.6 is 0 Å². The van der Waals surface area contributed by atoms with Gasteiger partial charge in [0.1, 0.15) is 5.75 Å². The van der Waals surface area contributed by atoms with E-state index in [2.05, 4.69) is 9.64 Å². The molecule has 0 spiro atoms. The van der Waals surface area contributed by atoms with Crippen LogP contribution in [0.1, 0.15) is 23.1 Å². The van der Waals surface area contributed by atoms with Gasteiger partial charge in [-0.2, -0.15) is 13.2 Å². The van der Waals surface area contributed by atoms with E-state index >= 15 is 0 Å². The normalized spacial score (nSPS) is 21.7. The minimum absolute atomic E-state index is 0.0774. The standard InChI is InChI=1S/C30H30F6N2O3/c1-40-24-12-13-37(17-24)22-8-5-7-21(15-22)28(16-20-6-4-9-23(14-20)41-30(34,35)36)19-38(18-27(39)29(31,32)33)26-11-3-2-10-25(26)28/h2-11,14-15,24,27,39H,12-13,16-19H2,1H3. The lowest BCUT2D eigenvalue weighted by atomic mass is 9.71. The van der Waals surface area contributed by atoms with Crippen molar-refractivity contribution < 1.29 is 40.9 Å². The van der Waals surface area contributed by atoms with Gasteiger partial charge in [0.15, 0.2) is 6.10 Å². The highest BCUT2D eigenvalue weighted by Gasteiger charge is 2.47. The average molecular weight is 581 g/mol. The Hall–Kier alpha value is -3.44. The number of aliphatic hydroxyl groups excluding tert-OH is 1. The summed E-state index contributed by atoms with van der Waals surface area (Å²) in [7, 11) is 1.66. The fourth-order valence-corrected chi connectivity index (χ4v) is 5.98. The van der Waals surface area contributed by atoms with Gasteiger partial charge < -0.3 is 24.4 Å². The SMILES string of the molecule is COC1CCN(c2cccc(C3(Cc4cccc(OC(F)(F)F)c4)CN(CC(O)C(F)(F)F)c4ccccc43)c2)C1. The van der Waals surface area contributed by atoms with Crippen LogP contribution in [0.25, 0.3) is 0 Å². The number of anilines is 2. The first-order chi connectivity index (χ1) is 19.4. The summed E-state index contributed by atoms with van der Waals surface area (Å²) in [4.78, 5) is 3.68. The van der Waals surface area contributed by atoms with E-state index < -0.39 is 30.6 Å². The van der Waals surface area contributed by atoms with Gasteiger partial charge in [-0.1, -0.05) is 42.5 Å². The lowest BCUT2D eigenvalue weighted by Crippen LogP contribution is -2.44. The molecule has 41 heavy (non-hydrogen) atoms. The van der Waals surface area contributed by atoms with Gasteiger partial charge in [0.05, 0.1) is 12.6 Å². The van der Waals surface area contributed by atoms with Gasteiger partial charge in [0, 0.05) is 43.5 Å². The minimum atomic E-state index is -4.87. The third kappa shape index (κ3) is 6.25. The van der Waals surface area contributed by atoms with E-state index in [0.29, 0.717) is 17.8 Å². The third-order valence-electron chi connectivity index (χ3n) is 7.87. The topological polar surface area (TPSA) is 45.2 Å². The molecule has 0 radical (unpaired) electrons. The summed E-state index contributed by atoms with van der Waals surface area (Å²) in [6.45, 7) is 0.853. The molecule has 0 saturated carbocycles. The molecule has 0 aromatic heterocycles. The number of halogens is 6. The number of nitrogens with zero attached hydrogens (tertiary/aromatic N) is 2. The monoisotopic (exact) mass is 580 g/mol. The number of aliphatic hydroxyl groups is 1. The maximum atomic E-state index is 13.4. The van der Waals surface area contributed by atoms with Crippen molar-refractivity contribution in [1.82, 2.24) is 0 Å². The molecule has 2 aliphatic heterocycles. The molecule has 0 amide bonds. The fourth-order valence-electron chi connectivity index (χ4n) is 5.98. The van der Waals surface area contributed by atoms with Crippen molar-refractivity contribution in [1.29, 1.82) is 0 Å². The molecule has 1 saturated heterocycles. The first kappa shape index (κ1) is 29.1. The Morgan fingerprint density at radius 3 is 2.44 bits per heavy atom. The van der Waals surface area contributed by atoms with Crippen molar-refractivity contribution in [3.05, 3.63) is 89.5 Å². The van der Waals surface area contributed by atoms with E-state index in [9.17, 15) is 31.4 Å². The molecule has 3 aromatic carbocycles. The second-order valence-electron chi connectivity index (χ2n) is 10.6. The molecule has 0 aliphatic carbocycles. The summed E-state index contributed by atoms with van der Waals surface area (Å²) < 4.78 is 88.8. The van der Waals surface area contributed by atoms with Crippen molar-refractivity contribution in [2.75, 3.05) is 43.1 Å². The predicted molar refractivity (Wildman–Crippen MR) is 142 cm³/mol. The van der Waals surface area contributed by atoms with Gasteiger partial charge in [-0.3, -0.25) is 0 Å². The summed E-state index contributed by atoms with van der Waals surface area (Å²) >= 11 is 0. The van der Waals surface area contributed by atoms with Gasteiger partial charge in [-0.15, -0.1) is 13.2 Å². The highest BCUT2D eigenvalue weighted by Crippen LogP contribution is 2.48. The van der Waals surface area contributed by atoms with E-state index in [1.54, 1.807) is 31.4 Å². The van der Waals surface area contributed by atoms with Gasteiger partial charge >= 0.3 is 12.5 Å². The Kier molecular flexibility index (Phi) is 7.86. The first-order valence-electron chi connectivity index (χ1n) is 13.2. The van der Waals surface area contributed by atoms with Crippen LogP contribution in [-0.2, 0) is 16.6 Å². The van der Waals surface area contributed by atoms with Crippen LogP contribution in [0.4, 0.5) is 37.7 Å². The number of hydrogen-bond acceptors (Lipinski definition) is 5. The Labute approximate surface area is 233 Å². The molecule has 2 heterocycles. The fraction of sp³-hybridized carbons (Fsp3) is 0.400. The Morgan fingerprint density at radius 1 is 0.976 bits per heavy atom. The number of rotatable bonds is 8. The predicted octanol–water partition coefficient (Wildman–Crippen LogP) is 6.08. The van der Waals surface area contributed by atoms with Crippen molar-refractivity contribution in [2.24, 2.45) is 0 Å². The molecule has 11 heteroatoms. The maximum Gasteiger partial charge on any atom is 0.573 e. The van der Waals surface area contributed by atoms with Crippen molar-refractivity contribution >= 4 is 11.4 Å². The minimum Gasteiger partial charge on any atom is -0.406 e. The number of benzene rings is 3. The molecule has 3 unspecified atom stereocenters. The van der Waals surface area contributed by atoms with Crippen LogP contribution < -0.4 is 14.5 Å². The lowest BCUT2D eigenvalue weighted by molar-refractivity contribution is -0.274. The Morgan fingerprint density at radius 2 is 1.73 bits per heavy atom. The third-order valence-corrected chi connectivity index (χ3v) is 7.87. The van der Waals surface area contributed by atoms with Crippen molar-refractivity contribution in [2.45, 2.75) is 43.0 Å². The second-order valence-corrected chi connectivity index (χ2v) is 10.6. The van der Waals surface area contributed by atoms with Crippen LogP contribution in [0.2, 0.25) is 0 Å². The average Bonchev–Trinajstić information content (AvgIpc) is 3.52. The molecule has 3 atom stereocenters. The number of hydrogen-bond donors (Lipinski definition) is 1. The van der Waals surface area contributed by atoms with Crippen LogP contribution in [-0.4, -0.2) is 63.1 Å². The Bertz CT molecular complexity index is 1360. The molecule has 3 aromatic rings. The molecule has 5 nitrogen and oxygen atoms in total. The van der Waals surface area contributed by atoms with Crippen molar-refractivity contribution in [3.8, 4) is 5.75 Å². The van der Waals surface area contributed by atoms with E-state index in [1.807, 2.05) is 30.3 Å². The molecular formula is C30H30F6N2O3. The van der Waals surface area contributed by atoms with Gasteiger partial charge in [-0.25, -0.2) is 0 Å². The zero-order valence-corrected chi connectivity index (χ0v) is 22.3. The molecule has 5 rings (SSSR count). The number of fused-ring (bicyclic) bond motifs is 1. The lowest BCUT2D eigenvalue weighted by Gasteiger charge is -2.33. The van der Waals surface area contributed by atoms with Crippen molar-refractivity contribution in [3.63, 3.8) is 0 Å². The number of ether oxygens (including phenoxy) is 2. The second kappa shape index (κ2) is 11.1. The molecule has 0 bridgehead atoms. The van der Waals surface area contributed by atoms with Crippen LogP contribution in [0.15, 0.2) is 72.8 Å². The quantitative estimate of drug-likeness (QED) is 0.327. The first-order valence-corrected chi connectivity index (χ1v) is 13.2. The molecule has 220 valence electrons. The molecule has 1 N–H and O–H groups in total. The highest BCUT2D eigenvalue weighted by molar-refractivity contribution is 5.68. The number of alkyl halides is 6. The van der Waals surface area contributed by atoms with Gasteiger partial charge in [0.25, 0.3) is 0 Å². The Balaban J connectivity index is 1.59.